The van der Waals surface area contributed by atoms with Crippen LogP contribution in [0.5, 0.6) is 0 Å². The summed E-state index contributed by atoms with van der Waals surface area (Å²) in [5, 5.41) is 0. The van der Waals surface area contributed by atoms with E-state index in [2.05, 4.69) is 33.1 Å². The number of benzene rings is 1. The van der Waals surface area contributed by atoms with Crippen molar-refractivity contribution >= 4 is 11.8 Å². The summed E-state index contributed by atoms with van der Waals surface area (Å²) < 4.78 is 11.3. The lowest BCUT2D eigenvalue weighted by Crippen LogP contribution is -2.51. The van der Waals surface area contributed by atoms with E-state index in [1.165, 1.54) is 0 Å². The third-order valence-corrected chi connectivity index (χ3v) is 5.25. The summed E-state index contributed by atoms with van der Waals surface area (Å²) in [5.41, 5.74) is 1.46. The van der Waals surface area contributed by atoms with Crippen molar-refractivity contribution in [3.05, 3.63) is 55.1 Å². The van der Waals surface area contributed by atoms with Gasteiger partial charge >= 0.3 is 6.09 Å². The standard InChI is InChI=1S/C19H23NO3/c1-5-12-23-17(21)20-15-10-8-7-9-14(15)19(18(3,4)6-2)11-13-22-16(19)20/h5-10,16H,1-2,11-13H2,3-4H3/t16-,19+/m0/s1. The van der Waals surface area contributed by atoms with Gasteiger partial charge in [0.2, 0.25) is 0 Å². The molecule has 1 saturated heterocycles. The number of ether oxygens (including phenoxy) is 2. The van der Waals surface area contributed by atoms with Gasteiger partial charge in [0.15, 0.2) is 6.23 Å². The number of hydrogen-bond acceptors (Lipinski definition) is 3. The highest BCUT2D eigenvalue weighted by molar-refractivity contribution is 5.92. The van der Waals surface area contributed by atoms with Crippen LogP contribution in [-0.2, 0) is 14.9 Å². The van der Waals surface area contributed by atoms with Crippen molar-refractivity contribution in [2.45, 2.75) is 31.9 Å². The molecule has 2 aliphatic rings. The fraction of sp³-hybridized carbons (Fsp3) is 0.421. The average Bonchev–Trinajstić information content (AvgIpc) is 3.09. The quantitative estimate of drug-likeness (QED) is 0.788. The smallest absolute Gasteiger partial charge is 0.416 e. The minimum Gasteiger partial charge on any atom is -0.445 e. The van der Waals surface area contributed by atoms with Gasteiger partial charge in [-0.2, -0.15) is 0 Å². The van der Waals surface area contributed by atoms with Gasteiger partial charge < -0.3 is 9.47 Å². The van der Waals surface area contributed by atoms with Gasteiger partial charge in [-0.1, -0.05) is 50.8 Å². The molecule has 23 heavy (non-hydrogen) atoms. The van der Waals surface area contributed by atoms with Crippen molar-refractivity contribution in [1.82, 2.24) is 0 Å². The SMILES string of the molecule is C=CCOC(=O)N1c2ccccc2[C@]2(C(C)(C)C=C)CCO[C@H]12. The van der Waals surface area contributed by atoms with Crippen molar-refractivity contribution in [1.29, 1.82) is 0 Å². The van der Waals surface area contributed by atoms with Crippen LogP contribution < -0.4 is 4.90 Å². The molecule has 2 atom stereocenters. The van der Waals surface area contributed by atoms with E-state index in [-0.39, 0.29) is 23.7 Å². The number of fused-ring (bicyclic) bond motifs is 3. The van der Waals surface area contributed by atoms with E-state index in [1.807, 2.05) is 24.3 Å². The molecular formula is C19H23NO3. The zero-order valence-electron chi connectivity index (χ0n) is 13.7. The lowest BCUT2D eigenvalue weighted by Gasteiger charge is -2.42. The number of para-hydroxylation sites is 1. The predicted molar refractivity (Wildman–Crippen MR) is 90.5 cm³/mol. The van der Waals surface area contributed by atoms with Crippen LogP contribution in [0.25, 0.3) is 0 Å². The van der Waals surface area contributed by atoms with Gasteiger partial charge in [0.1, 0.15) is 6.61 Å². The van der Waals surface area contributed by atoms with Crippen LogP contribution in [0.1, 0.15) is 25.8 Å². The second-order valence-electron chi connectivity index (χ2n) is 6.62. The molecule has 0 N–H and O–H groups in total. The van der Waals surface area contributed by atoms with Gasteiger partial charge in [-0.15, -0.1) is 6.58 Å². The largest absolute Gasteiger partial charge is 0.445 e. The Bertz CT molecular complexity index is 652. The summed E-state index contributed by atoms with van der Waals surface area (Å²) in [7, 11) is 0. The van der Waals surface area contributed by atoms with Crippen LogP contribution in [0.15, 0.2) is 49.6 Å². The third kappa shape index (κ3) is 2.05. The topological polar surface area (TPSA) is 38.8 Å². The van der Waals surface area contributed by atoms with Crippen molar-refractivity contribution in [3.8, 4) is 0 Å². The highest BCUT2D eigenvalue weighted by Gasteiger charge is 2.62. The van der Waals surface area contributed by atoms with Gasteiger partial charge in [-0.3, -0.25) is 0 Å². The van der Waals surface area contributed by atoms with Crippen molar-refractivity contribution < 1.29 is 14.3 Å². The molecule has 1 aromatic rings. The van der Waals surface area contributed by atoms with Gasteiger partial charge in [0, 0.05) is 0 Å². The fourth-order valence-corrected chi connectivity index (χ4v) is 3.91. The van der Waals surface area contributed by atoms with Crippen molar-refractivity contribution in [2.24, 2.45) is 5.41 Å². The molecule has 0 unspecified atom stereocenters. The summed E-state index contributed by atoms with van der Waals surface area (Å²) in [6.45, 7) is 12.7. The first-order chi connectivity index (χ1) is 11.0. The molecule has 2 heterocycles. The van der Waals surface area contributed by atoms with Crippen LogP contribution in [0, 0.1) is 5.41 Å². The lowest BCUT2D eigenvalue weighted by atomic mass is 9.61. The molecule has 0 aliphatic carbocycles. The molecule has 1 aromatic carbocycles. The Morgan fingerprint density at radius 3 is 2.91 bits per heavy atom. The van der Waals surface area contributed by atoms with E-state index in [4.69, 9.17) is 9.47 Å². The molecule has 0 radical (unpaired) electrons. The van der Waals surface area contributed by atoms with Crippen molar-refractivity contribution in [3.63, 3.8) is 0 Å². The molecule has 0 spiro atoms. The minimum absolute atomic E-state index is 0.183. The number of amides is 1. The Kier molecular flexibility index (Phi) is 3.80. The summed E-state index contributed by atoms with van der Waals surface area (Å²) >= 11 is 0. The number of allylic oxidation sites excluding steroid dienone is 1. The molecule has 3 rings (SSSR count). The van der Waals surface area contributed by atoms with E-state index < -0.39 is 6.09 Å². The molecular weight excluding hydrogens is 290 g/mol. The molecule has 4 heteroatoms. The Labute approximate surface area is 137 Å². The average molecular weight is 313 g/mol. The molecule has 0 bridgehead atoms. The number of anilines is 1. The number of nitrogens with zero attached hydrogens (tertiary/aromatic N) is 1. The van der Waals surface area contributed by atoms with Gasteiger partial charge in [0.25, 0.3) is 0 Å². The third-order valence-electron chi connectivity index (χ3n) is 5.25. The Balaban J connectivity index is 2.14. The maximum Gasteiger partial charge on any atom is 0.416 e. The summed E-state index contributed by atoms with van der Waals surface area (Å²) in [6, 6.07) is 7.98. The molecule has 1 amide bonds. The molecule has 0 saturated carbocycles. The summed E-state index contributed by atoms with van der Waals surface area (Å²) in [6.07, 6.45) is 3.61. The first-order valence-corrected chi connectivity index (χ1v) is 7.91. The summed E-state index contributed by atoms with van der Waals surface area (Å²) in [4.78, 5) is 14.3. The highest BCUT2D eigenvalue weighted by atomic mass is 16.6. The number of rotatable bonds is 4. The normalized spacial score (nSPS) is 25.7. The number of carbonyl (C=O) groups is 1. The Morgan fingerprint density at radius 1 is 1.48 bits per heavy atom. The van der Waals surface area contributed by atoms with Crippen LogP contribution >= 0.6 is 0 Å². The second-order valence-corrected chi connectivity index (χ2v) is 6.62. The maximum atomic E-state index is 12.6. The zero-order chi connectivity index (χ0) is 16.7. The second kappa shape index (κ2) is 5.53. The van der Waals surface area contributed by atoms with E-state index in [0.29, 0.717) is 6.61 Å². The van der Waals surface area contributed by atoms with Gasteiger partial charge in [0.05, 0.1) is 17.7 Å². The lowest BCUT2D eigenvalue weighted by molar-refractivity contribution is 0.0496. The number of hydrogen-bond donors (Lipinski definition) is 0. The van der Waals surface area contributed by atoms with E-state index in [1.54, 1.807) is 11.0 Å². The van der Waals surface area contributed by atoms with E-state index in [9.17, 15) is 4.79 Å². The maximum absolute atomic E-state index is 12.6. The van der Waals surface area contributed by atoms with Gasteiger partial charge in [-0.05, 0) is 23.5 Å². The Hall–Kier alpha value is -2.07. The van der Waals surface area contributed by atoms with Crippen LogP contribution in [-0.4, -0.2) is 25.5 Å². The predicted octanol–water partition coefficient (Wildman–Crippen LogP) is 4.03. The van der Waals surface area contributed by atoms with Crippen LogP contribution in [0.4, 0.5) is 10.5 Å². The molecule has 1 fully saturated rings. The summed E-state index contributed by atoms with van der Waals surface area (Å²) in [5.74, 6) is 0. The van der Waals surface area contributed by atoms with Gasteiger partial charge in [-0.25, -0.2) is 9.69 Å². The van der Waals surface area contributed by atoms with Crippen LogP contribution in [0.3, 0.4) is 0 Å². The Morgan fingerprint density at radius 2 is 2.22 bits per heavy atom. The molecule has 0 aromatic heterocycles. The molecule has 2 aliphatic heterocycles. The molecule has 122 valence electrons. The highest BCUT2D eigenvalue weighted by Crippen LogP contribution is 2.59. The minimum atomic E-state index is -0.397. The van der Waals surface area contributed by atoms with E-state index >= 15 is 0 Å². The first-order valence-electron chi connectivity index (χ1n) is 7.91. The van der Waals surface area contributed by atoms with Crippen molar-refractivity contribution in [2.75, 3.05) is 18.1 Å². The first kappa shape index (κ1) is 15.8. The fourth-order valence-electron chi connectivity index (χ4n) is 3.91. The van der Waals surface area contributed by atoms with Crippen LogP contribution in [0.2, 0.25) is 0 Å². The zero-order valence-corrected chi connectivity index (χ0v) is 13.7. The van der Waals surface area contributed by atoms with E-state index in [0.717, 1.165) is 17.7 Å². The molecule has 4 nitrogen and oxygen atoms in total. The number of carbonyl (C=O) groups excluding carboxylic acids is 1. The monoisotopic (exact) mass is 313 g/mol.